The Kier molecular flexibility index (Phi) is 7.25. The molecule has 1 unspecified atom stereocenters. The molecular weight excluding hydrogens is 298 g/mol. The Morgan fingerprint density at radius 2 is 1.78 bits per heavy atom. The average Bonchev–Trinajstić information content (AvgIpc) is 2.50. The van der Waals surface area contributed by atoms with E-state index in [4.69, 9.17) is 5.11 Å². The number of esters is 1. The molecule has 0 bridgehead atoms. The molecule has 0 heterocycles. The van der Waals surface area contributed by atoms with Gasteiger partial charge in [-0.2, -0.15) is 0 Å². The van der Waals surface area contributed by atoms with Gasteiger partial charge in [-0.15, -0.1) is 0 Å². The van der Waals surface area contributed by atoms with E-state index in [1.54, 1.807) is 24.3 Å². The fourth-order valence-corrected chi connectivity index (χ4v) is 2.25. The molecule has 1 rings (SSSR count). The van der Waals surface area contributed by atoms with Crippen LogP contribution in [0.5, 0.6) is 0 Å². The lowest BCUT2D eigenvalue weighted by atomic mass is 9.93. The molecule has 0 saturated heterocycles. The predicted molar refractivity (Wildman–Crippen MR) is 86.2 cm³/mol. The summed E-state index contributed by atoms with van der Waals surface area (Å²) in [4.78, 5) is 34.4. The average molecular weight is 321 g/mol. The summed E-state index contributed by atoms with van der Waals surface area (Å²) < 4.78 is 4.59. The van der Waals surface area contributed by atoms with Crippen molar-refractivity contribution in [3.63, 3.8) is 0 Å². The second-order valence-corrected chi connectivity index (χ2v) is 5.82. The number of hydrogen-bond acceptors (Lipinski definition) is 4. The van der Waals surface area contributed by atoms with Crippen molar-refractivity contribution in [3.8, 4) is 0 Å². The summed E-state index contributed by atoms with van der Waals surface area (Å²) >= 11 is 0. The number of methoxy groups -OCH3 is 1. The van der Waals surface area contributed by atoms with E-state index >= 15 is 0 Å². The number of benzene rings is 1. The normalized spacial score (nSPS) is 11.8. The highest BCUT2D eigenvalue weighted by Crippen LogP contribution is 2.18. The van der Waals surface area contributed by atoms with Crippen molar-refractivity contribution >= 4 is 23.5 Å². The Morgan fingerprint density at radius 3 is 2.26 bits per heavy atom. The van der Waals surface area contributed by atoms with Gasteiger partial charge in [-0.1, -0.05) is 13.8 Å². The number of hydrogen-bond donors (Lipinski definition) is 2. The molecule has 6 nitrogen and oxygen atoms in total. The minimum atomic E-state index is -0.867. The molecular formula is C17H23NO5. The fourth-order valence-electron chi connectivity index (χ4n) is 2.25. The van der Waals surface area contributed by atoms with E-state index in [0.717, 1.165) is 0 Å². The second-order valence-electron chi connectivity index (χ2n) is 5.82. The van der Waals surface area contributed by atoms with Gasteiger partial charge < -0.3 is 15.2 Å². The van der Waals surface area contributed by atoms with E-state index in [9.17, 15) is 14.4 Å². The van der Waals surface area contributed by atoms with E-state index in [-0.39, 0.29) is 18.2 Å². The van der Waals surface area contributed by atoms with Gasteiger partial charge in [-0.05, 0) is 43.0 Å². The highest BCUT2D eigenvalue weighted by molar-refractivity contribution is 5.93. The van der Waals surface area contributed by atoms with Crippen molar-refractivity contribution < 1.29 is 24.2 Å². The van der Waals surface area contributed by atoms with Gasteiger partial charge in [0.15, 0.2) is 0 Å². The molecule has 6 heteroatoms. The van der Waals surface area contributed by atoms with Crippen LogP contribution in [0.4, 0.5) is 5.69 Å². The number of amides is 1. The van der Waals surface area contributed by atoms with Crippen molar-refractivity contribution in [2.45, 2.75) is 33.1 Å². The molecule has 1 amide bonds. The highest BCUT2D eigenvalue weighted by atomic mass is 16.5. The Hall–Kier alpha value is -2.37. The zero-order valence-electron chi connectivity index (χ0n) is 13.7. The summed E-state index contributed by atoms with van der Waals surface area (Å²) in [5, 5.41) is 11.8. The van der Waals surface area contributed by atoms with Crippen LogP contribution in [0.25, 0.3) is 0 Å². The maximum Gasteiger partial charge on any atom is 0.337 e. The zero-order chi connectivity index (χ0) is 17.4. The monoisotopic (exact) mass is 321 g/mol. The number of carboxylic acids is 1. The molecule has 23 heavy (non-hydrogen) atoms. The molecule has 0 saturated carbocycles. The number of rotatable bonds is 8. The number of carbonyl (C=O) groups excluding carboxylic acids is 2. The maximum absolute atomic E-state index is 11.9. The SMILES string of the molecule is COC(=O)c1ccc(NC(=O)CCC(CC(C)C)C(=O)O)cc1. The van der Waals surface area contributed by atoms with Crippen molar-refractivity contribution in [2.75, 3.05) is 12.4 Å². The third-order valence-electron chi connectivity index (χ3n) is 3.41. The summed E-state index contributed by atoms with van der Waals surface area (Å²) in [5.41, 5.74) is 0.951. The molecule has 126 valence electrons. The first-order valence-electron chi connectivity index (χ1n) is 7.54. The van der Waals surface area contributed by atoms with E-state index in [1.165, 1.54) is 7.11 Å². The van der Waals surface area contributed by atoms with Crippen LogP contribution in [-0.4, -0.2) is 30.1 Å². The van der Waals surface area contributed by atoms with Crippen molar-refractivity contribution in [1.29, 1.82) is 0 Å². The molecule has 2 N–H and O–H groups in total. The van der Waals surface area contributed by atoms with Gasteiger partial charge in [0.1, 0.15) is 0 Å². The number of carbonyl (C=O) groups is 3. The summed E-state index contributed by atoms with van der Waals surface area (Å²) in [6, 6.07) is 6.32. The molecule has 0 radical (unpaired) electrons. The van der Waals surface area contributed by atoms with Crippen LogP contribution < -0.4 is 5.32 Å². The summed E-state index contributed by atoms with van der Waals surface area (Å²) in [6.07, 6.45) is 0.998. The van der Waals surface area contributed by atoms with Crippen LogP contribution in [0, 0.1) is 11.8 Å². The largest absolute Gasteiger partial charge is 0.481 e. The maximum atomic E-state index is 11.9. The Bertz CT molecular complexity index is 551. The van der Waals surface area contributed by atoms with Crippen LogP contribution in [0.1, 0.15) is 43.5 Å². The second kappa shape index (κ2) is 8.92. The molecule has 0 fully saturated rings. The fraction of sp³-hybridized carbons (Fsp3) is 0.471. The minimum Gasteiger partial charge on any atom is -0.481 e. The van der Waals surface area contributed by atoms with Crippen LogP contribution in [0.2, 0.25) is 0 Å². The standard InChI is InChI=1S/C17H23NO5/c1-11(2)10-13(16(20)21)6-9-15(19)18-14-7-4-12(5-8-14)17(22)23-3/h4-5,7-8,11,13H,6,9-10H2,1-3H3,(H,18,19)(H,20,21). The first-order valence-corrected chi connectivity index (χ1v) is 7.54. The van der Waals surface area contributed by atoms with E-state index < -0.39 is 17.9 Å². The lowest BCUT2D eigenvalue weighted by Gasteiger charge is -2.14. The van der Waals surface area contributed by atoms with Crippen molar-refractivity contribution in [3.05, 3.63) is 29.8 Å². The number of aliphatic carboxylic acids is 1. The zero-order valence-corrected chi connectivity index (χ0v) is 13.7. The van der Waals surface area contributed by atoms with E-state index in [1.807, 2.05) is 13.8 Å². The lowest BCUT2D eigenvalue weighted by molar-refractivity contribution is -0.142. The van der Waals surface area contributed by atoms with Crippen molar-refractivity contribution in [2.24, 2.45) is 11.8 Å². The third kappa shape index (κ3) is 6.50. The van der Waals surface area contributed by atoms with Gasteiger partial charge >= 0.3 is 11.9 Å². The third-order valence-corrected chi connectivity index (χ3v) is 3.41. The molecule has 0 aliphatic heterocycles. The summed E-state index contributed by atoms with van der Waals surface area (Å²) in [5.74, 6) is -1.80. The Labute approximate surface area is 135 Å². The number of nitrogens with one attached hydrogen (secondary N) is 1. The molecule has 1 atom stereocenters. The number of carboxylic acid groups (broad SMARTS) is 1. The molecule has 0 aliphatic rings. The van der Waals surface area contributed by atoms with E-state index in [0.29, 0.717) is 24.1 Å². The summed E-state index contributed by atoms with van der Waals surface area (Å²) in [6.45, 7) is 3.91. The Balaban J connectivity index is 2.52. The molecule has 0 aliphatic carbocycles. The van der Waals surface area contributed by atoms with Crippen molar-refractivity contribution in [1.82, 2.24) is 0 Å². The number of ether oxygens (including phenoxy) is 1. The van der Waals surface area contributed by atoms with E-state index in [2.05, 4.69) is 10.1 Å². The topological polar surface area (TPSA) is 92.7 Å². The molecule has 1 aromatic carbocycles. The highest BCUT2D eigenvalue weighted by Gasteiger charge is 2.20. The first-order chi connectivity index (χ1) is 10.8. The van der Waals surface area contributed by atoms with Crippen LogP contribution in [0.3, 0.4) is 0 Å². The number of anilines is 1. The quantitative estimate of drug-likeness (QED) is 0.718. The lowest BCUT2D eigenvalue weighted by Crippen LogP contribution is -2.19. The molecule has 0 spiro atoms. The van der Waals surface area contributed by atoms with Gasteiger partial charge in [0.2, 0.25) is 5.91 Å². The first kappa shape index (κ1) is 18.7. The van der Waals surface area contributed by atoms with Gasteiger partial charge in [-0.3, -0.25) is 9.59 Å². The minimum absolute atomic E-state index is 0.141. The molecule has 1 aromatic rings. The van der Waals surface area contributed by atoms with Crippen LogP contribution in [-0.2, 0) is 14.3 Å². The van der Waals surface area contributed by atoms with Crippen LogP contribution >= 0.6 is 0 Å². The van der Waals surface area contributed by atoms with Gasteiger partial charge in [0.25, 0.3) is 0 Å². The van der Waals surface area contributed by atoms with Crippen LogP contribution in [0.15, 0.2) is 24.3 Å². The summed E-state index contributed by atoms with van der Waals surface area (Å²) in [7, 11) is 1.30. The van der Waals surface area contributed by atoms with Gasteiger partial charge in [0.05, 0.1) is 18.6 Å². The van der Waals surface area contributed by atoms with Gasteiger partial charge in [-0.25, -0.2) is 4.79 Å². The molecule has 0 aromatic heterocycles. The smallest absolute Gasteiger partial charge is 0.337 e. The Morgan fingerprint density at radius 1 is 1.17 bits per heavy atom. The van der Waals surface area contributed by atoms with Gasteiger partial charge in [0, 0.05) is 12.1 Å². The predicted octanol–water partition coefficient (Wildman–Crippen LogP) is 2.94.